The molecule has 0 aliphatic carbocycles. The van der Waals surface area contributed by atoms with Gasteiger partial charge in [-0.2, -0.15) is 0 Å². The zero-order valence-electron chi connectivity index (χ0n) is 13.8. The third-order valence-electron chi connectivity index (χ3n) is 4.00. The summed E-state index contributed by atoms with van der Waals surface area (Å²) >= 11 is 0. The molecule has 1 aromatic carbocycles. The smallest absolute Gasteiger partial charge is 0.273 e. The van der Waals surface area contributed by atoms with E-state index in [1.807, 2.05) is 13.8 Å². The molecule has 23 heavy (non-hydrogen) atoms. The molecular formula is C14H24ClN3O4S. The summed E-state index contributed by atoms with van der Waals surface area (Å²) in [4.78, 5) is 10.3. The Morgan fingerprint density at radius 2 is 1.74 bits per heavy atom. The number of nitrogens with one attached hydrogen (secondary N) is 1. The first-order chi connectivity index (χ1) is 10.1. The highest BCUT2D eigenvalue weighted by Gasteiger charge is 2.26. The molecule has 0 atom stereocenters. The van der Waals surface area contributed by atoms with Gasteiger partial charge in [0.1, 0.15) is 0 Å². The van der Waals surface area contributed by atoms with Crippen molar-refractivity contribution in [3.05, 3.63) is 33.4 Å². The van der Waals surface area contributed by atoms with E-state index in [1.54, 1.807) is 13.8 Å². The molecule has 0 fully saturated rings. The summed E-state index contributed by atoms with van der Waals surface area (Å²) in [6.07, 6.45) is 1.25. The average molecular weight is 366 g/mol. The lowest BCUT2D eigenvalue weighted by atomic mass is 9.95. The Balaban J connectivity index is 0.00000484. The molecule has 9 heteroatoms. The molecule has 0 saturated carbocycles. The molecule has 0 aliphatic rings. The van der Waals surface area contributed by atoms with E-state index in [1.165, 1.54) is 6.07 Å². The van der Waals surface area contributed by atoms with Gasteiger partial charge in [-0.3, -0.25) is 10.1 Å². The molecule has 0 aromatic heterocycles. The van der Waals surface area contributed by atoms with Crippen LogP contribution in [-0.4, -0.2) is 25.4 Å². The van der Waals surface area contributed by atoms with E-state index in [0.29, 0.717) is 24.0 Å². The lowest BCUT2D eigenvalue weighted by Gasteiger charge is -2.26. The van der Waals surface area contributed by atoms with Crippen molar-refractivity contribution in [1.82, 2.24) is 4.72 Å². The fourth-order valence-electron chi connectivity index (χ4n) is 2.12. The molecule has 0 unspecified atom stereocenters. The first-order valence-electron chi connectivity index (χ1n) is 7.10. The fourth-order valence-corrected chi connectivity index (χ4v) is 3.51. The Morgan fingerprint density at radius 3 is 2.17 bits per heavy atom. The molecule has 0 radical (unpaired) electrons. The summed E-state index contributed by atoms with van der Waals surface area (Å²) in [6.45, 7) is 7.05. The van der Waals surface area contributed by atoms with Gasteiger partial charge in [0.05, 0.1) is 9.82 Å². The topological polar surface area (TPSA) is 115 Å². The van der Waals surface area contributed by atoms with Gasteiger partial charge in [0.2, 0.25) is 10.0 Å². The molecule has 0 amide bonds. The van der Waals surface area contributed by atoms with Gasteiger partial charge in [0.25, 0.3) is 5.69 Å². The van der Waals surface area contributed by atoms with Gasteiger partial charge in [0.15, 0.2) is 0 Å². The SMILES string of the molecule is CCC(N)(CC)CNS(=O)(=O)c1cc([N+](=O)[O-])c(C)cc1C.Cl. The van der Waals surface area contributed by atoms with E-state index in [0.717, 1.165) is 6.07 Å². The van der Waals surface area contributed by atoms with Crippen molar-refractivity contribution in [2.45, 2.75) is 51.0 Å². The quantitative estimate of drug-likeness (QED) is 0.568. The van der Waals surface area contributed by atoms with E-state index in [-0.39, 0.29) is 29.5 Å². The van der Waals surface area contributed by atoms with Gasteiger partial charge in [-0.15, -0.1) is 12.4 Å². The minimum atomic E-state index is -3.85. The van der Waals surface area contributed by atoms with Crippen molar-refractivity contribution in [3.63, 3.8) is 0 Å². The minimum Gasteiger partial charge on any atom is -0.324 e. The lowest BCUT2D eigenvalue weighted by molar-refractivity contribution is -0.385. The Hall–Kier alpha value is -1.22. The molecule has 0 saturated heterocycles. The number of sulfonamides is 1. The highest BCUT2D eigenvalue weighted by molar-refractivity contribution is 7.89. The maximum absolute atomic E-state index is 12.4. The summed E-state index contributed by atoms with van der Waals surface area (Å²) in [5.74, 6) is 0. The van der Waals surface area contributed by atoms with Crippen LogP contribution in [0.5, 0.6) is 0 Å². The van der Waals surface area contributed by atoms with Crippen molar-refractivity contribution in [3.8, 4) is 0 Å². The predicted molar refractivity (Wildman–Crippen MR) is 92.5 cm³/mol. The number of hydrogen-bond donors (Lipinski definition) is 2. The number of nitro benzene ring substituents is 1. The van der Waals surface area contributed by atoms with Crippen LogP contribution in [0.25, 0.3) is 0 Å². The standard InChI is InChI=1S/C14H23N3O4S.ClH/c1-5-14(15,6-2)9-16-22(20,21)13-8-12(17(18)19)10(3)7-11(13)4;/h7-8,16H,5-6,9,15H2,1-4H3;1H. The number of rotatable bonds is 7. The highest BCUT2D eigenvalue weighted by atomic mass is 35.5. The number of aryl methyl sites for hydroxylation is 2. The Morgan fingerprint density at radius 1 is 1.22 bits per heavy atom. The zero-order valence-corrected chi connectivity index (χ0v) is 15.4. The average Bonchev–Trinajstić information content (AvgIpc) is 2.44. The van der Waals surface area contributed by atoms with Gasteiger partial charge >= 0.3 is 0 Å². The van der Waals surface area contributed by atoms with Gasteiger partial charge < -0.3 is 5.73 Å². The first kappa shape index (κ1) is 21.8. The van der Waals surface area contributed by atoms with Crippen LogP contribution in [-0.2, 0) is 10.0 Å². The number of nitro groups is 1. The maximum atomic E-state index is 12.4. The van der Waals surface area contributed by atoms with Crippen molar-refractivity contribution >= 4 is 28.1 Å². The monoisotopic (exact) mass is 365 g/mol. The van der Waals surface area contributed by atoms with Crippen LogP contribution in [0, 0.1) is 24.0 Å². The summed E-state index contributed by atoms with van der Waals surface area (Å²) in [5.41, 5.74) is 6.14. The van der Waals surface area contributed by atoms with Crippen molar-refractivity contribution in [1.29, 1.82) is 0 Å². The van der Waals surface area contributed by atoms with Crippen molar-refractivity contribution < 1.29 is 13.3 Å². The fraction of sp³-hybridized carbons (Fsp3) is 0.571. The first-order valence-corrected chi connectivity index (χ1v) is 8.59. The minimum absolute atomic E-state index is 0. The Bertz CT molecular complexity index is 673. The lowest BCUT2D eigenvalue weighted by Crippen LogP contribution is -2.49. The molecule has 1 rings (SSSR count). The molecular weight excluding hydrogens is 342 g/mol. The number of nitrogens with two attached hydrogens (primary N) is 1. The van der Waals surface area contributed by atoms with E-state index >= 15 is 0 Å². The van der Waals surface area contributed by atoms with Gasteiger partial charge in [-0.05, 0) is 38.3 Å². The number of hydrogen-bond acceptors (Lipinski definition) is 5. The second kappa shape index (κ2) is 8.05. The molecule has 0 heterocycles. The Labute approximate surface area is 143 Å². The van der Waals surface area contributed by atoms with E-state index in [9.17, 15) is 18.5 Å². The third kappa shape index (κ3) is 5.13. The summed E-state index contributed by atoms with van der Waals surface area (Å²) in [6, 6.07) is 2.60. The third-order valence-corrected chi connectivity index (χ3v) is 5.55. The molecule has 0 spiro atoms. The largest absolute Gasteiger partial charge is 0.324 e. The van der Waals surface area contributed by atoms with Gasteiger partial charge in [0, 0.05) is 23.7 Å². The number of nitrogens with zero attached hydrogens (tertiary/aromatic N) is 1. The highest BCUT2D eigenvalue weighted by Crippen LogP contribution is 2.26. The molecule has 1 aromatic rings. The number of benzene rings is 1. The summed E-state index contributed by atoms with van der Waals surface area (Å²) in [5, 5.41) is 11.0. The molecule has 132 valence electrons. The van der Waals surface area contributed by atoms with Crippen LogP contribution in [0.4, 0.5) is 5.69 Å². The van der Waals surface area contributed by atoms with Crippen molar-refractivity contribution in [2.75, 3.05) is 6.54 Å². The van der Waals surface area contributed by atoms with Crippen LogP contribution in [0.15, 0.2) is 17.0 Å². The molecule has 0 bridgehead atoms. The zero-order chi connectivity index (χ0) is 17.1. The van der Waals surface area contributed by atoms with Crippen LogP contribution in [0.1, 0.15) is 37.8 Å². The summed E-state index contributed by atoms with van der Waals surface area (Å²) in [7, 11) is -3.85. The normalized spacial score (nSPS) is 11.9. The molecule has 7 nitrogen and oxygen atoms in total. The van der Waals surface area contributed by atoms with Crippen LogP contribution < -0.4 is 10.5 Å². The van der Waals surface area contributed by atoms with Crippen LogP contribution >= 0.6 is 12.4 Å². The number of halogens is 1. The van der Waals surface area contributed by atoms with Crippen LogP contribution in [0.2, 0.25) is 0 Å². The van der Waals surface area contributed by atoms with Gasteiger partial charge in [-0.1, -0.05) is 13.8 Å². The summed E-state index contributed by atoms with van der Waals surface area (Å²) < 4.78 is 27.3. The second-order valence-electron chi connectivity index (χ2n) is 5.56. The predicted octanol–water partition coefficient (Wildman–Crippen LogP) is 2.43. The Kier molecular flexibility index (Phi) is 7.62. The van der Waals surface area contributed by atoms with E-state index in [2.05, 4.69) is 4.72 Å². The van der Waals surface area contributed by atoms with Crippen LogP contribution in [0.3, 0.4) is 0 Å². The maximum Gasteiger partial charge on any atom is 0.273 e. The second-order valence-corrected chi connectivity index (χ2v) is 7.29. The van der Waals surface area contributed by atoms with Crippen molar-refractivity contribution in [2.24, 2.45) is 5.73 Å². The van der Waals surface area contributed by atoms with E-state index in [4.69, 9.17) is 5.73 Å². The van der Waals surface area contributed by atoms with Gasteiger partial charge in [-0.25, -0.2) is 13.1 Å². The van der Waals surface area contributed by atoms with E-state index < -0.39 is 20.5 Å². The molecule has 0 aliphatic heterocycles. The molecule has 3 N–H and O–H groups in total.